The zero-order chi connectivity index (χ0) is 22.4. The second-order valence-corrected chi connectivity index (χ2v) is 11.7. The molecule has 0 atom stereocenters. The molecule has 3 rings (SSSR count). The van der Waals surface area contributed by atoms with Crippen molar-refractivity contribution in [1.29, 1.82) is 0 Å². The Morgan fingerprint density at radius 1 is 0.548 bits per heavy atom. The van der Waals surface area contributed by atoms with Crippen molar-refractivity contribution in [3.8, 4) is 0 Å². The summed E-state index contributed by atoms with van der Waals surface area (Å²) in [6, 6.07) is 23.5. The van der Waals surface area contributed by atoms with Crippen LogP contribution in [0.2, 0.25) is 0 Å². The molecule has 0 saturated heterocycles. The monoisotopic (exact) mass is 477 g/mol. The molecule has 0 bridgehead atoms. The van der Waals surface area contributed by atoms with Crippen LogP contribution in [0.5, 0.6) is 0 Å². The molecule has 31 heavy (non-hydrogen) atoms. The minimum atomic E-state index is -2.07. The molecule has 7 heteroatoms. The van der Waals surface area contributed by atoms with Crippen molar-refractivity contribution >= 4 is 62.5 Å². The van der Waals surface area contributed by atoms with E-state index in [-0.39, 0.29) is 17.7 Å². The van der Waals surface area contributed by atoms with Gasteiger partial charge in [0.2, 0.25) is 0 Å². The third-order valence-electron chi connectivity index (χ3n) is 4.27. The van der Waals surface area contributed by atoms with Crippen LogP contribution in [0.3, 0.4) is 0 Å². The van der Waals surface area contributed by atoms with Gasteiger partial charge in [-0.05, 0) is 0 Å². The fourth-order valence-electron chi connectivity index (χ4n) is 3.23. The maximum absolute atomic E-state index is 11.5. The van der Waals surface area contributed by atoms with E-state index >= 15 is 0 Å². The molecule has 6 nitrogen and oxygen atoms in total. The quantitative estimate of drug-likeness (QED) is 0.476. The molecule has 0 fully saturated rings. The van der Waals surface area contributed by atoms with Crippen LogP contribution in [0.1, 0.15) is 20.8 Å². The zero-order valence-electron chi connectivity index (χ0n) is 17.6. The summed E-state index contributed by atoms with van der Waals surface area (Å²) in [4.78, 5) is 34.6. The third-order valence-corrected chi connectivity index (χ3v) is 9.28. The number of carbonyl (C=O) groups excluding carboxylic acids is 3. The Kier molecular flexibility index (Phi) is 7.27. The van der Waals surface area contributed by atoms with Crippen LogP contribution in [0, 0.1) is 0 Å². The second-order valence-electron chi connectivity index (χ2n) is 7.03. The summed E-state index contributed by atoms with van der Waals surface area (Å²) in [5.41, 5.74) is 2.21. The van der Waals surface area contributed by atoms with Crippen LogP contribution in [0.4, 0.5) is 17.1 Å². The number of amides is 3. The van der Waals surface area contributed by atoms with Gasteiger partial charge in [0.05, 0.1) is 0 Å². The average Bonchev–Trinajstić information content (AvgIpc) is 2.68. The van der Waals surface area contributed by atoms with Gasteiger partial charge >= 0.3 is 186 Å². The molecule has 0 aliphatic rings. The molecule has 158 valence electrons. The molecular formula is C24H24AsN3O3. The van der Waals surface area contributed by atoms with Crippen molar-refractivity contribution in [2.24, 2.45) is 0 Å². The molecule has 0 heterocycles. The van der Waals surface area contributed by atoms with Gasteiger partial charge in [0.15, 0.2) is 0 Å². The summed E-state index contributed by atoms with van der Waals surface area (Å²) >= 11 is -2.07. The molecule has 0 saturated carbocycles. The number of carbonyl (C=O) groups is 3. The number of hydrogen-bond acceptors (Lipinski definition) is 3. The van der Waals surface area contributed by atoms with Crippen LogP contribution in [0.25, 0.3) is 0 Å². The summed E-state index contributed by atoms with van der Waals surface area (Å²) in [7, 11) is 0. The fraction of sp³-hybridized carbons (Fsp3) is 0.125. The topological polar surface area (TPSA) is 87.3 Å². The van der Waals surface area contributed by atoms with Crippen LogP contribution in [0.15, 0.2) is 72.8 Å². The maximum atomic E-state index is 11.5. The van der Waals surface area contributed by atoms with Gasteiger partial charge < -0.3 is 0 Å². The predicted octanol–water partition coefficient (Wildman–Crippen LogP) is 2.08. The zero-order valence-corrected chi connectivity index (χ0v) is 19.5. The van der Waals surface area contributed by atoms with E-state index in [0.29, 0.717) is 0 Å². The number of nitrogens with one attached hydrogen (secondary N) is 3. The third kappa shape index (κ3) is 6.30. The minimum absolute atomic E-state index is 0.128. The fourth-order valence-corrected chi connectivity index (χ4v) is 8.27. The Morgan fingerprint density at radius 3 is 1.10 bits per heavy atom. The van der Waals surface area contributed by atoms with Gasteiger partial charge in [-0.15, -0.1) is 0 Å². The van der Waals surface area contributed by atoms with Crippen molar-refractivity contribution < 1.29 is 14.4 Å². The van der Waals surface area contributed by atoms with Gasteiger partial charge in [-0.2, -0.15) is 0 Å². The van der Waals surface area contributed by atoms with E-state index in [0.717, 1.165) is 30.1 Å². The standard InChI is InChI=1S/C24H24AsN3O3/c1-16(29)26-22-10-4-7-19(13-22)25(20-8-5-11-23(14-20)27-17(2)30)21-9-6-12-24(15-21)28-18(3)31/h4-15H,1-3H3,(H,26,29)(H,27,30)(H,28,31). The van der Waals surface area contributed by atoms with Crippen molar-refractivity contribution in [2.75, 3.05) is 16.0 Å². The van der Waals surface area contributed by atoms with Gasteiger partial charge in [-0.25, -0.2) is 0 Å². The number of anilines is 3. The summed E-state index contributed by atoms with van der Waals surface area (Å²) < 4.78 is 3.33. The Balaban J connectivity index is 2.12. The molecule has 0 spiro atoms. The average molecular weight is 477 g/mol. The van der Waals surface area contributed by atoms with Gasteiger partial charge in [-0.1, -0.05) is 0 Å². The van der Waals surface area contributed by atoms with E-state index in [1.54, 1.807) is 0 Å². The summed E-state index contributed by atoms with van der Waals surface area (Å²) in [6.45, 7) is 4.45. The van der Waals surface area contributed by atoms with Gasteiger partial charge in [0, 0.05) is 0 Å². The van der Waals surface area contributed by atoms with Crippen molar-refractivity contribution in [1.82, 2.24) is 0 Å². The second kappa shape index (κ2) is 10.1. The Morgan fingerprint density at radius 2 is 0.839 bits per heavy atom. The molecule has 0 aliphatic carbocycles. The summed E-state index contributed by atoms with van der Waals surface area (Å²) in [5.74, 6) is -0.385. The van der Waals surface area contributed by atoms with E-state index in [4.69, 9.17) is 0 Å². The van der Waals surface area contributed by atoms with Crippen LogP contribution in [-0.2, 0) is 14.4 Å². The number of benzene rings is 3. The van der Waals surface area contributed by atoms with E-state index in [9.17, 15) is 14.4 Å². The van der Waals surface area contributed by atoms with Crippen molar-refractivity contribution in [2.45, 2.75) is 20.8 Å². The SMILES string of the molecule is CC(=O)Nc1cccc([As](c2cccc(NC(C)=O)c2)c2cccc(NC(C)=O)c2)c1. The molecular weight excluding hydrogens is 453 g/mol. The van der Waals surface area contributed by atoms with Gasteiger partial charge in [0.1, 0.15) is 0 Å². The molecule has 3 aromatic carbocycles. The molecule has 0 aliphatic heterocycles. The summed E-state index contributed by atoms with van der Waals surface area (Å²) in [5, 5.41) is 8.55. The molecule has 3 N–H and O–H groups in total. The first-order valence-corrected chi connectivity index (χ1v) is 12.6. The van der Waals surface area contributed by atoms with Crippen LogP contribution < -0.4 is 29.0 Å². The molecule has 3 amide bonds. The van der Waals surface area contributed by atoms with E-state index in [2.05, 4.69) is 34.1 Å². The van der Waals surface area contributed by atoms with E-state index < -0.39 is 14.7 Å². The Bertz CT molecular complexity index is 989. The molecule has 0 unspecified atom stereocenters. The molecule has 3 aromatic rings. The molecule has 0 radical (unpaired) electrons. The summed E-state index contributed by atoms with van der Waals surface area (Å²) in [6.07, 6.45) is 0. The van der Waals surface area contributed by atoms with Crippen molar-refractivity contribution in [3.63, 3.8) is 0 Å². The Hall–Kier alpha value is -3.37. The van der Waals surface area contributed by atoms with Crippen molar-refractivity contribution in [3.05, 3.63) is 72.8 Å². The number of hydrogen-bond donors (Lipinski definition) is 3. The first-order valence-electron chi connectivity index (χ1n) is 9.75. The van der Waals surface area contributed by atoms with E-state index in [1.807, 2.05) is 54.6 Å². The normalized spacial score (nSPS) is 10.5. The first kappa shape index (κ1) is 22.3. The first-order chi connectivity index (χ1) is 14.8. The van der Waals surface area contributed by atoms with E-state index in [1.165, 1.54) is 20.8 Å². The Labute approximate surface area is 186 Å². The van der Waals surface area contributed by atoms with Crippen LogP contribution in [-0.4, -0.2) is 32.4 Å². The van der Waals surface area contributed by atoms with Crippen LogP contribution >= 0.6 is 0 Å². The predicted molar refractivity (Wildman–Crippen MR) is 127 cm³/mol. The molecule has 0 aromatic heterocycles. The van der Waals surface area contributed by atoms with Gasteiger partial charge in [-0.3, -0.25) is 0 Å². The number of rotatable bonds is 6. The van der Waals surface area contributed by atoms with Gasteiger partial charge in [0.25, 0.3) is 0 Å².